The van der Waals surface area contributed by atoms with Gasteiger partial charge in [-0.2, -0.15) is 0 Å². The highest BCUT2D eigenvalue weighted by molar-refractivity contribution is 7.89. The number of hydrogen-bond acceptors (Lipinski definition) is 3. The van der Waals surface area contributed by atoms with Gasteiger partial charge in [-0.3, -0.25) is 4.79 Å². The molecule has 0 aliphatic rings. The van der Waals surface area contributed by atoms with E-state index >= 15 is 0 Å². The highest BCUT2D eigenvalue weighted by atomic mass is 35.5. The first-order valence-corrected chi connectivity index (χ1v) is 10.5. The Morgan fingerprint density at radius 3 is 2.35 bits per heavy atom. The number of benzene rings is 2. The number of rotatable bonds is 10. The van der Waals surface area contributed by atoms with Crippen molar-refractivity contribution in [3.05, 3.63) is 70.7 Å². The molecule has 26 heavy (non-hydrogen) atoms. The van der Waals surface area contributed by atoms with Gasteiger partial charge in [0, 0.05) is 24.5 Å². The Balaban J connectivity index is 1.61. The van der Waals surface area contributed by atoms with Crippen LogP contribution in [0.25, 0.3) is 0 Å². The zero-order valence-corrected chi connectivity index (χ0v) is 16.0. The predicted molar refractivity (Wildman–Crippen MR) is 104 cm³/mol. The number of nitrogens with one attached hydrogen (secondary N) is 2. The molecule has 0 unspecified atom stereocenters. The van der Waals surface area contributed by atoms with E-state index in [9.17, 15) is 13.2 Å². The molecule has 0 saturated heterocycles. The van der Waals surface area contributed by atoms with Crippen molar-refractivity contribution in [3.63, 3.8) is 0 Å². The molecule has 0 heterocycles. The van der Waals surface area contributed by atoms with Crippen LogP contribution in [0.1, 0.15) is 24.0 Å². The van der Waals surface area contributed by atoms with E-state index in [1.165, 1.54) is 0 Å². The Morgan fingerprint density at radius 1 is 0.962 bits per heavy atom. The van der Waals surface area contributed by atoms with Crippen LogP contribution in [0.3, 0.4) is 0 Å². The first-order chi connectivity index (χ1) is 12.4. The number of sulfonamides is 1. The van der Waals surface area contributed by atoms with Gasteiger partial charge in [-0.15, -0.1) is 0 Å². The van der Waals surface area contributed by atoms with Gasteiger partial charge in [0.2, 0.25) is 15.9 Å². The van der Waals surface area contributed by atoms with Gasteiger partial charge in [0.25, 0.3) is 0 Å². The minimum absolute atomic E-state index is 0.101. The van der Waals surface area contributed by atoms with E-state index < -0.39 is 10.0 Å². The number of halogens is 1. The molecule has 5 nitrogen and oxygen atoms in total. The minimum Gasteiger partial charge on any atom is -0.355 e. The molecule has 0 spiro atoms. The molecule has 0 bridgehead atoms. The highest BCUT2D eigenvalue weighted by Gasteiger charge is 2.10. The molecule has 7 heteroatoms. The molecule has 0 saturated carbocycles. The number of aryl methyl sites for hydroxylation is 1. The maximum Gasteiger partial charge on any atom is 0.220 e. The van der Waals surface area contributed by atoms with Crippen LogP contribution in [0.5, 0.6) is 0 Å². The molecule has 2 aromatic rings. The summed E-state index contributed by atoms with van der Waals surface area (Å²) < 4.78 is 26.4. The molecule has 2 aromatic carbocycles. The lowest BCUT2D eigenvalue weighted by Gasteiger charge is -2.08. The number of carbonyl (C=O) groups is 1. The van der Waals surface area contributed by atoms with Gasteiger partial charge >= 0.3 is 0 Å². The van der Waals surface area contributed by atoms with Crippen molar-refractivity contribution in [3.8, 4) is 0 Å². The van der Waals surface area contributed by atoms with Crippen LogP contribution in [-0.2, 0) is 27.8 Å². The summed E-state index contributed by atoms with van der Waals surface area (Å²) in [5.74, 6) is -0.278. The topological polar surface area (TPSA) is 75.3 Å². The largest absolute Gasteiger partial charge is 0.355 e. The summed E-state index contributed by atoms with van der Waals surface area (Å²) in [6.07, 6.45) is 1.84. The summed E-state index contributed by atoms with van der Waals surface area (Å²) in [5.41, 5.74) is 2.01. The fourth-order valence-electron chi connectivity index (χ4n) is 2.38. The van der Waals surface area contributed by atoms with Gasteiger partial charge in [-0.1, -0.05) is 54.1 Å². The van der Waals surface area contributed by atoms with Crippen LogP contribution in [0.2, 0.25) is 5.02 Å². The zero-order valence-electron chi connectivity index (χ0n) is 14.4. The molecule has 140 valence electrons. The fourth-order valence-corrected chi connectivity index (χ4v) is 3.41. The number of amides is 1. The van der Waals surface area contributed by atoms with Crippen molar-refractivity contribution in [2.75, 3.05) is 12.3 Å². The van der Waals surface area contributed by atoms with Gasteiger partial charge in [-0.25, -0.2) is 13.1 Å². The zero-order chi connectivity index (χ0) is 18.8. The third-order valence-electron chi connectivity index (χ3n) is 3.81. The van der Waals surface area contributed by atoms with Crippen LogP contribution in [0.4, 0.5) is 0 Å². The molecule has 0 radical (unpaired) electrons. The summed E-state index contributed by atoms with van der Waals surface area (Å²) in [6.45, 7) is 0.349. The van der Waals surface area contributed by atoms with Gasteiger partial charge in [0.15, 0.2) is 0 Å². The molecule has 2 rings (SSSR count). The van der Waals surface area contributed by atoms with Crippen molar-refractivity contribution in [1.29, 1.82) is 0 Å². The van der Waals surface area contributed by atoms with Crippen LogP contribution in [-0.4, -0.2) is 26.6 Å². The predicted octanol–water partition coefficient (Wildman–Crippen LogP) is 2.90. The Morgan fingerprint density at radius 2 is 1.65 bits per heavy atom. The Hall–Kier alpha value is -1.89. The molecule has 0 aromatic heterocycles. The van der Waals surface area contributed by atoms with Crippen LogP contribution < -0.4 is 10.0 Å². The first kappa shape index (κ1) is 20.4. The van der Waals surface area contributed by atoms with Gasteiger partial charge in [0.05, 0.1) is 5.75 Å². The SMILES string of the molecule is O=C(CCCc1ccc(Cl)cc1)NCCS(=O)(=O)NCc1ccccc1. The standard InChI is InChI=1S/C19H23ClN2O3S/c20-18-11-9-16(10-12-18)7-4-8-19(23)21-13-14-26(24,25)22-15-17-5-2-1-3-6-17/h1-3,5-6,9-12,22H,4,7-8,13-15H2,(H,21,23). The summed E-state index contributed by atoms with van der Waals surface area (Å²) in [4.78, 5) is 11.8. The average Bonchev–Trinajstić information content (AvgIpc) is 2.62. The highest BCUT2D eigenvalue weighted by Crippen LogP contribution is 2.11. The van der Waals surface area contributed by atoms with Crippen LogP contribution in [0, 0.1) is 0 Å². The van der Waals surface area contributed by atoms with Crippen molar-refractivity contribution in [2.24, 2.45) is 0 Å². The Bertz CT molecular complexity index is 793. The fraction of sp³-hybridized carbons (Fsp3) is 0.316. The van der Waals surface area contributed by atoms with E-state index in [0.29, 0.717) is 17.9 Å². The van der Waals surface area contributed by atoms with E-state index in [0.717, 1.165) is 17.5 Å². The molecule has 0 atom stereocenters. The average molecular weight is 395 g/mol. The summed E-state index contributed by atoms with van der Waals surface area (Å²) in [7, 11) is -3.42. The first-order valence-electron chi connectivity index (χ1n) is 8.47. The van der Waals surface area contributed by atoms with Crippen molar-refractivity contribution >= 4 is 27.5 Å². The lowest BCUT2D eigenvalue weighted by molar-refractivity contribution is -0.121. The Labute approximate surface area is 159 Å². The normalized spacial score (nSPS) is 11.3. The summed E-state index contributed by atoms with van der Waals surface area (Å²) >= 11 is 5.83. The maximum atomic E-state index is 11.9. The van der Waals surface area contributed by atoms with Gasteiger partial charge < -0.3 is 5.32 Å². The van der Waals surface area contributed by atoms with Gasteiger partial charge in [0.1, 0.15) is 0 Å². The van der Waals surface area contributed by atoms with Crippen LogP contribution >= 0.6 is 11.6 Å². The number of hydrogen-bond donors (Lipinski definition) is 2. The molecular formula is C19H23ClN2O3S. The summed E-state index contributed by atoms with van der Waals surface area (Å²) in [6, 6.07) is 16.8. The van der Waals surface area contributed by atoms with Crippen molar-refractivity contribution in [1.82, 2.24) is 10.0 Å². The van der Waals surface area contributed by atoms with Crippen molar-refractivity contribution in [2.45, 2.75) is 25.8 Å². The molecule has 1 amide bonds. The lowest BCUT2D eigenvalue weighted by atomic mass is 10.1. The van der Waals surface area contributed by atoms with E-state index in [2.05, 4.69) is 10.0 Å². The third-order valence-corrected chi connectivity index (χ3v) is 5.39. The lowest BCUT2D eigenvalue weighted by Crippen LogP contribution is -2.34. The monoisotopic (exact) mass is 394 g/mol. The second-order valence-electron chi connectivity index (χ2n) is 5.96. The third kappa shape index (κ3) is 7.99. The Kier molecular flexibility index (Phi) is 8.09. The maximum absolute atomic E-state index is 11.9. The molecule has 0 aliphatic heterocycles. The quantitative estimate of drug-likeness (QED) is 0.650. The molecule has 0 aliphatic carbocycles. The van der Waals surface area contributed by atoms with E-state index in [-0.39, 0.29) is 24.7 Å². The van der Waals surface area contributed by atoms with E-state index in [4.69, 9.17) is 11.6 Å². The smallest absolute Gasteiger partial charge is 0.220 e. The summed E-state index contributed by atoms with van der Waals surface area (Å²) in [5, 5.41) is 3.34. The molecule has 2 N–H and O–H groups in total. The molecule has 0 fully saturated rings. The van der Waals surface area contributed by atoms with E-state index in [1.54, 1.807) is 0 Å². The second-order valence-corrected chi connectivity index (χ2v) is 8.32. The number of carbonyl (C=O) groups excluding carboxylic acids is 1. The van der Waals surface area contributed by atoms with Crippen molar-refractivity contribution < 1.29 is 13.2 Å². The minimum atomic E-state index is -3.42. The second kappa shape index (κ2) is 10.3. The van der Waals surface area contributed by atoms with Crippen LogP contribution in [0.15, 0.2) is 54.6 Å². The van der Waals surface area contributed by atoms with E-state index in [1.807, 2.05) is 54.6 Å². The van der Waals surface area contributed by atoms with Gasteiger partial charge in [-0.05, 0) is 36.1 Å². The molecular weight excluding hydrogens is 372 g/mol.